The molecule has 1 aromatic heterocycles. The predicted molar refractivity (Wildman–Crippen MR) is 83.5 cm³/mol. The van der Waals surface area contributed by atoms with Crippen LogP contribution in [0.1, 0.15) is 49.2 Å². The number of carbonyl (C=O) groups excluding carboxylic acids is 2. The zero-order valence-corrected chi connectivity index (χ0v) is 13.1. The standard InChI is InChI=1S/C15H24N4O2/c1-5-6-17-14(20)9-18-15(21)11-7-12(10(2)3)19-13(8-11)16-4/h7-8,10H,5-6,9H2,1-4H3,(H,16,19)(H,17,20)(H,18,21). The molecule has 0 spiro atoms. The molecule has 1 heterocycles. The summed E-state index contributed by atoms with van der Waals surface area (Å²) in [6.07, 6.45) is 0.868. The van der Waals surface area contributed by atoms with Crippen molar-refractivity contribution >= 4 is 17.6 Å². The minimum atomic E-state index is -0.276. The van der Waals surface area contributed by atoms with E-state index in [2.05, 4.69) is 20.9 Å². The van der Waals surface area contributed by atoms with Gasteiger partial charge in [-0.2, -0.15) is 0 Å². The maximum atomic E-state index is 12.1. The Morgan fingerprint density at radius 2 is 1.95 bits per heavy atom. The van der Waals surface area contributed by atoms with Gasteiger partial charge < -0.3 is 16.0 Å². The summed E-state index contributed by atoms with van der Waals surface area (Å²) in [5.74, 6) is 0.402. The Bertz CT molecular complexity index is 500. The lowest BCUT2D eigenvalue weighted by Gasteiger charge is -2.11. The monoisotopic (exact) mass is 292 g/mol. The number of hydrogen-bond acceptors (Lipinski definition) is 4. The second-order valence-electron chi connectivity index (χ2n) is 5.10. The summed E-state index contributed by atoms with van der Waals surface area (Å²) >= 11 is 0. The molecule has 0 atom stereocenters. The van der Waals surface area contributed by atoms with E-state index in [4.69, 9.17) is 0 Å². The minimum Gasteiger partial charge on any atom is -0.373 e. The first-order chi connectivity index (χ1) is 9.97. The lowest BCUT2D eigenvalue weighted by molar-refractivity contribution is -0.120. The third-order valence-corrected chi connectivity index (χ3v) is 2.94. The van der Waals surface area contributed by atoms with Crippen molar-refractivity contribution in [3.63, 3.8) is 0 Å². The highest BCUT2D eigenvalue weighted by Crippen LogP contribution is 2.17. The fraction of sp³-hybridized carbons (Fsp3) is 0.533. The summed E-state index contributed by atoms with van der Waals surface area (Å²) < 4.78 is 0. The molecule has 2 amide bonds. The Kier molecular flexibility index (Phi) is 6.65. The van der Waals surface area contributed by atoms with Crippen molar-refractivity contribution in [3.05, 3.63) is 23.4 Å². The van der Waals surface area contributed by atoms with Crippen LogP contribution in [0.4, 0.5) is 5.82 Å². The second kappa shape index (κ2) is 8.24. The number of hydrogen-bond donors (Lipinski definition) is 3. The van der Waals surface area contributed by atoms with Crippen LogP contribution in [0.3, 0.4) is 0 Å². The first-order valence-electron chi connectivity index (χ1n) is 7.22. The number of nitrogens with one attached hydrogen (secondary N) is 3. The summed E-state index contributed by atoms with van der Waals surface area (Å²) in [6, 6.07) is 3.43. The molecule has 0 fully saturated rings. The van der Waals surface area contributed by atoms with Gasteiger partial charge in [-0.3, -0.25) is 9.59 Å². The quantitative estimate of drug-likeness (QED) is 0.711. The van der Waals surface area contributed by atoms with E-state index in [1.807, 2.05) is 20.8 Å². The van der Waals surface area contributed by atoms with Gasteiger partial charge in [0, 0.05) is 24.8 Å². The van der Waals surface area contributed by atoms with Crippen LogP contribution in [-0.4, -0.2) is 36.9 Å². The average Bonchev–Trinajstić information content (AvgIpc) is 2.49. The molecule has 0 aliphatic carbocycles. The first-order valence-corrected chi connectivity index (χ1v) is 7.22. The van der Waals surface area contributed by atoms with Crippen molar-refractivity contribution in [1.82, 2.24) is 15.6 Å². The lowest BCUT2D eigenvalue weighted by atomic mass is 10.1. The predicted octanol–water partition coefficient (Wildman–Crippen LogP) is 1.50. The van der Waals surface area contributed by atoms with Gasteiger partial charge in [-0.15, -0.1) is 0 Å². The molecule has 1 rings (SSSR count). The van der Waals surface area contributed by atoms with Crippen LogP contribution >= 0.6 is 0 Å². The SMILES string of the molecule is CCCNC(=O)CNC(=O)c1cc(NC)nc(C(C)C)c1. The molecule has 6 nitrogen and oxygen atoms in total. The molecular weight excluding hydrogens is 268 g/mol. The van der Waals surface area contributed by atoms with Gasteiger partial charge >= 0.3 is 0 Å². The van der Waals surface area contributed by atoms with Gasteiger partial charge in [0.1, 0.15) is 5.82 Å². The summed E-state index contributed by atoms with van der Waals surface area (Å²) in [4.78, 5) is 28.0. The van der Waals surface area contributed by atoms with E-state index in [9.17, 15) is 9.59 Å². The fourth-order valence-electron chi connectivity index (χ4n) is 1.70. The molecule has 0 radical (unpaired) electrons. The van der Waals surface area contributed by atoms with Crippen molar-refractivity contribution in [2.24, 2.45) is 0 Å². The van der Waals surface area contributed by atoms with Crippen molar-refractivity contribution in [2.45, 2.75) is 33.1 Å². The number of rotatable bonds is 7. The molecule has 0 aliphatic heterocycles. The number of carbonyl (C=O) groups is 2. The maximum Gasteiger partial charge on any atom is 0.251 e. The second-order valence-corrected chi connectivity index (χ2v) is 5.10. The highest BCUT2D eigenvalue weighted by Gasteiger charge is 2.12. The maximum absolute atomic E-state index is 12.1. The van der Waals surface area contributed by atoms with Crippen molar-refractivity contribution in [3.8, 4) is 0 Å². The van der Waals surface area contributed by atoms with Crippen molar-refractivity contribution in [1.29, 1.82) is 0 Å². The molecule has 21 heavy (non-hydrogen) atoms. The molecule has 0 unspecified atom stereocenters. The average molecular weight is 292 g/mol. The zero-order chi connectivity index (χ0) is 15.8. The summed E-state index contributed by atoms with van der Waals surface area (Å²) in [5.41, 5.74) is 1.34. The van der Waals surface area contributed by atoms with Crippen LogP contribution in [0, 0.1) is 0 Å². The van der Waals surface area contributed by atoms with E-state index < -0.39 is 0 Å². The van der Waals surface area contributed by atoms with Crippen LogP contribution < -0.4 is 16.0 Å². The molecule has 0 bridgehead atoms. The highest BCUT2D eigenvalue weighted by molar-refractivity contribution is 5.97. The van der Waals surface area contributed by atoms with Crippen molar-refractivity contribution < 1.29 is 9.59 Å². The van der Waals surface area contributed by atoms with Gasteiger partial charge in [0.05, 0.1) is 6.54 Å². The largest absolute Gasteiger partial charge is 0.373 e. The van der Waals surface area contributed by atoms with Crippen LogP contribution in [-0.2, 0) is 4.79 Å². The summed E-state index contributed by atoms with van der Waals surface area (Å²) in [6.45, 7) is 6.60. The molecule has 6 heteroatoms. The van der Waals surface area contributed by atoms with Crippen LogP contribution in [0.25, 0.3) is 0 Å². The van der Waals surface area contributed by atoms with Gasteiger partial charge in [-0.05, 0) is 24.5 Å². The third kappa shape index (κ3) is 5.41. The van der Waals surface area contributed by atoms with Gasteiger partial charge in [0.2, 0.25) is 5.91 Å². The van der Waals surface area contributed by atoms with E-state index in [1.165, 1.54) is 0 Å². The molecule has 0 aliphatic rings. The number of pyridine rings is 1. The Labute approximate surface area is 125 Å². The van der Waals surface area contributed by atoms with E-state index >= 15 is 0 Å². The minimum absolute atomic E-state index is 0.0208. The van der Waals surface area contributed by atoms with Crippen LogP contribution in [0.2, 0.25) is 0 Å². The van der Waals surface area contributed by atoms with Gasteiger partial charge in [-0.25, -0.2) is 4.98 Å². The van der Waals surface area contributed by atoms with E-state index in [1.54, 1.807) is 19.2 Å². The van der Waals surface area contributed by atoms with Crippen LogP contribution in [0.5, 0.6) is 0 Å². The Hall–Kier alpha value is -2.11. The van der Waals surface area contributed by atoms with Crippen molar-refractivity contribution in [2.75, 3.05) is 25.5 Å². The first kappa shape index (κ1) is 16.9. The van der Waals surface area contributed by atoms with Gasteiger partial charge in [0.25, 0.3) is 5.91 Å². The number of aromatic nitrogens is 1. The molecule has 1 aromatic rings. The lowest BCUT2D eigenvalue weighted by Crippen LogP contribution is -2.37. The summed E-state index contributed by atoms with van der Waals surface area (Å²) in [5, 5.41) is 8.27. The molecular formula is C15H24N4O2. The highest BCUT2D eigenvalue weighted by atomic mass is 16.2. The molecule has 116 valence electrons. The Morgan fingerprint density at radius 1 is 1.24 bits per heavy atom. The number of anilines is 1. The van der Waals surface area contributed by atoms with E-state index in [0.29, 0.717) is 17.9 Å². The van der Waals surface area contributed by atoms with E-state index in [0.717, 1.165) is 12.1 Å². The Morgan fingerprint density at radius 3 is 2.52 bits per heavy atom. The molecule has 0 saturated heterocycles. The van der Waals surface area contributed by atoms with Gasteiger partial charge in [-0.1, -0.05) is 20.8 Å². The van der Waals surface area contributed by atoms with Crippen LogP contribution in [0.15, 0.2) is 12.1 Å². The topological polar surface area (TPSA) is 83.1 Å². The summed E-state index contributed by atoms with van der Waals surface area (Å²) in [7, 11) is 1.76. The fourth-order valence-corrected chi connectivity index (χ4v) is 1.70. The van der Waals surface area contributed by atoms with Gasteiger partial charge in [0.15, 0.2) is 0 Å². The normalized spacial score (nSPS) is 10.3. The van der Waals surface area contributed by atoms with E-state index in [-0.39, 0.29) is 24.3 Å². The molecule has 0 saturated carbocycles. The molecule has 3 N–H and O–H groups in total. The molecule has 0 aromatic carbocycles. The third-order valence-electron chi connectivity index (χ3n) is 2.94. The Balaban J connectivity index is 2.73. The number of amides is 2. The smallest absolute Gasteiger partial charge is 0.251 e. The number of nitrogens with zero attached hydrogens (tertiary/aromatic N) is 1. The zero-order valence-electron chi connectivity index (χ0n) is 13.1.